The fourth-order valence-electron chi connectivity index (χ4n) is 1.07. The van der Waals surface area contributed by atoms with Crippen molar-refractivity contribution in [2.75, 3.05) is 0 Å². The van der Waals surface area contributed by atoms with Crippen LogP contribution in [0, 0.1) is 0 Å². The van der Waals surface area contributed by atoms with Crippen molar-refractivity contribution in [2.24, 2.45) is 0 Å². The Labute approximate surface area is 74.2 Å². The molecular weight excluding hydrogens is 146 g/mol. The monoisotopic (exact) mass is 161 g/mol. The van der Waals surface area contributed by atoms with Crippen LogP contribution in [0.4, 0.5) is 0 Å². The molecule has 64 valence electrons. The number of hydrogen-bond acceptors (Lipinski definition) is 1. The van der Waals surface area contributed by atoms with E-state index in [-0.39, 0.29) is 0 Å². The molecule has 0 aliphatic carbocycles. The molecule has 1 atom stereocenters. The van der Waals surface area contributed by atoms with E-state index in [0.717, 1.165) is 17.8 Å². The molecule has 0 saturated carbocycles. The molecule has 1 aromatic rings. The molecule has 0 bridgehead atoms. The van der Waals surface area contributed by atoms with Crippen LogP contribution in [0.15, 0.2) is 24.8 Å². The van der Waals surface area contributed by atoms with Crippen LogP contribution in [-0.4, -0.2) is 4.98 Å². The third-order valence-corrected chi connectivity index (χ3v) is 2.12. The zero-order valence-corrected chi connectivity index (χ0v) is 7.75. The average molecular weight is 161 g/mol. The Bertz CT molecular complexity index is 265. The second-order valence-corrected chi connectivity index (χ2v) is 3.00. The molecule has 1 heteroatoms. The predicted octanol–water partition coefficient (Wildman–Crippen LogP) is 3.24. The zero-order valence-electron chi connectivity index (χ0n) is 7.75. The zero-order chi connectivity index (χ0) is 8.97. The van der Waals surface area contributed by atoms with Crippen molar-refractivity contribution in [1.29, 1.82) is 0 Å². The van der Waals surface area contributed by atoms with Gasteiger partial charge in [-0.05, 0) is 30.5 Å². The number of aromatic nitrogens is 1. The van der Waals surface area contributed by atoms with Crippen LogP contribution in [0.25, 0.3) is 6.08 Å². The Morgan fingerprint density at radius 3 is 2.92 bits per heavy atom. The second kappa shape index (κ2) is 4.05. The molecule has 1 rings (SSSR count). The maximum absolute atomic E-state index is 4.44. The van der Waals surface area contributed by atoms with E-state index in [1.165, 1.54) is 0 Å². The molecule has 0 spiro atoms. The molecule has 0 N–H and O–H groups in total. The Kier molecular flexibility index (Phi) is 3.03. The molecule has 0 fully saturated rings. The molecular formula is C11H15N. The Hall–Kier alpha value is -1.11. The molecule has 1 nitrogen and oxygen atoms in total. The molecule has 0 unspecified atom stereocenters. The van der Waals surface area contributed by atoms with Gasteiger partial charge in [0.1, 0.15) is 0 Å². The minimum atomic E-state index is 0.546. The van der Waals surface area contributed by atoms with E-state index in [1.54, 1.807) is 6.08 Å². The molecule has 1 aromatic heterocycles. The highest BCUT2D eigenvalue weighted by atomic mass is 14.7. The van der Waals surface area contributed by atoms with Crippen LogP contribution in [0.2, 0.25) is 0 Å². The average Bonchev–Trinajstić information content (AvgIpc) is 2.17. The molecule has 0 aromatic carbocycles. The summed E-state index contributed by atoms with van der Waals surface area (Å²) in [7, 11) is 0. The van der Waals surface area contributed by atoms with Gasteiger partial charge in [0.25, 0.3) is 0 Å². The van der Waals surface area contributed by atoms with Crippen molar-refractivity contribution in [2.45, 2.75) is 26.2 Å². The highest BCUT2D eigenvalue weighted by molar-refractivity contribution is 5.41. The molecule has 0 amide bonds. The van der Waals surface area contributed by atoms with Crippen molar-refractivity contribution in [3.8, 4) is 0 Å². The maximum Gasteiger partial charge on any atom is 0.0627 e. The summed E-state index contributed by atoms with van der Waals surface area (Å²) in [6, 6.07) is 6.07. The van der Waals surface area contributed by atoms with Crippen LogP contribution in [0.3, 0.4) is 0 Å². The van der Waals surface area contributed by atoms with Gasteiger partial charge in [0.05, 0.1) is 5.69 Å². The summed E-state index contributed by atoms with van der Waals surface area (Å²) in [5, 5.41) is 0. The second-order valence-electron chi connectivity index (χ2n) is 3.00. The Morgan fingerprint density at radius 1 is 1.58 bits per heavy atom. The van der Waals surface area contributed by atoms with Gasteiger partial charge in [0.15, 0.2) is 0 Å². The van der Waals surface area contributed by atoms with E-state index in [0.29, 0.717) is 5.92 Å². The number of hydrogen-bond donors (Lipinski definition) is 0. The summed E-state index contributed by atoms with van der Waals surface area (Å²) in [5.74, 6) is 0.546. The quantitative estimate of drug-likeness (QED) is 0.663. The third-order valence-electron chi connectivity index (χ3n) is 2.12. The van der Waals surface area contributed by atoms with Crippen molar-refractivity contribution in [3.63, 3.8) is 0 Å². The largest absolute Gasteiger partial charge is 0.253 e. The third kappa shape index (κ3) is 1.94. The first-order valence-electron chi connectivity index (χ1n) is 4.37. The summed E-state index contributed by atoms with van der Waals surface area (Å²) < 4.78 is 0. The molecule has 12 heavy (non-hydrogen) atoms. The standard InChI is InChI=1S/C11H15N/c1-4-9(3)11-8-6-7-10(5-2)12-11/h5-9H,2,4H2,1,3H3/t9-/m0/s1. The fourth-order valence-corrected chi connectivity index (χ4v) is 1.07. The van der Waals surface area contributed by atoms with Gasteiger partial charge in [-0.3, -0.25) is 4.98 Å². The summed E-state index contributed by atoms with van der Waals surface area (Å²) >= 11 is 0. The van der Waals surface area contributed by atoms with Crippen molar-refractivity contribution in [3.05, 3.63) is 36.2 Å². The number of rotatable bonds is 3. The van der Waals surface area contributed by atoms with Crippen LogP contribution < -0.4 is 0 Å². The van der Waals surface area contributed by atoms with E-state index in [2.05, 4.69) is 31.5 Å². The number of pyridine rings is 1. The maximum atomic E-state index is 4.44. The molecule has 0 saturated heterocycles. The van der Waals surface area contributed by atoms with Gasteiger partial charge in [-0.1, -0.05) is 26.5 Å². The smallest absolute Gasteiger partial charge is 0.0627 e. The predicted molar refractivity (Wildman–Crippen MR) is 53.0 cm³/mol. The Morgan fingerprint density at radius 2 is 2.33 bits per heavy atom. The van der Waals surface area contributed by atoms with Crippen molar-refractivity contribution >= 4 is 6.08 Å². The van der Waals surface area contributed by atoms with Gasteiger partial charge in [-0.2, -0.15) is 0 Å². The first-order chi connectivity index (χ1) is 5.77. The van der Waals surface area contributed by atoms with Crippen molar-refractivity contribution < 1.29 is 0 Å². The molecule has 0 aliphatic rings. The minimum Gasteiger partial charge on any atom is -0.253 e. The van der Waals surface area contributed by atoms with Crippen LogP contribution in [0.5, 0.6) is 0 Å². The van der Waals surface area contributed by atoms with Gasteiger partial charge in [0, 0.05) is 5.69 Å². The van der Waals surface area contributed by atoms with Crippen LogP contribution in [-0.2, 0) is 0 Å². The first-order valence-corrected chi connectivity index (χ1v) is 4.37. The molecule has 0 radical (unpaired) electrons. The van der Waals surface area contributed by atoms with E-state index in [4.69, 9.17) is 0 Å². The number of nitrogens with zero attached hydrogens (tertiary/aromatic N) is 1. The lowest BCUT2D eigenvalue weighted by Crippen LogP contribution is -1.95. The summed E-state index contributed by atoms with van der Waals surface area (Å²) in [6.45, 7) is 8.06. The summed E-state index contributed by atoms with van der Waals surface area (Å²) in [4.78, 5) is 4.44. The summed E-state index contributed by atoms with van der Waals surface area (Å²) in [6.07, 6.45) is 2.92. The highest BCUT2D eigenvalue weighted by Crippen LogP contribution is 2.16. The Balaban J connectivity index is 2.93. The SMILES string of the molecule is C=Cc1cccc([C@@H](C)CC)n1. The molecule has 0 aliphatic heterocycles. The lowest BCUT2D eigenvalue weighted by atomic mass is 10.0. The fraction of sp³-hybridized carbons (Fsp3) is 0.364. The van der Waals surface area contributed by atoms with E-state index in [1.807, 2.05) is 12.1 Å². The van der Waals surface area contributed by atoms with Gasteiger partial charge < -0.3 is 0 Å². The van der Waals surface area contributed by atoms with Gasteiger partial charge >= 0.3 is 0 Å². The van der Waals surface area contributed by atoms with E-state index >= 15 is 0 Å². The van der Waals surface area contributed by atoms with Crippen molar-refractivity contribution in [1.82, 2.24) is 4.98 Å². The topological polar surface area (TPSA) is 12.9 Å². The lowest BCUT2D eigenvalue weighted by Gasteiger charge is -2.07. The van der Waals surface area contributed by atoms with Crippen LogP contribution in [0.1, 0.15) is 37.6 Å². The normalized spacial score (nSPS) is 12.5. The van der Waals surface area contributed by atoms with Gasteiger partial charge in [-0.25, -0.2) is 0 Å². The summed E-state index contributed by atoms with van der Waals surface area (Å²) in [5.41, 5.74) is 2.13. The van der Waals surface area contributed by atoms with Gasteiger partial charge in [-0.15, -0.1) is 0 Å². The lowest BCUT2D eigenvalue weighted by molar-refractivity contribution is 0.707. The molecule has 1 heterocycles. The minimum absolute atomic E-state index is 0.546. The highest BCUT2D eigenvalue weighted by Gasteiger charge is 2.03. The van der Waals surface area contributed by atoms with Crippen LogP contribution >= 0.6 is 0 Å². The van der Waals surface area contributed by atoms with Gasteiger partial charge in [0.2, 0.25) is 0 Å². The first kappa shape index (κ1) is 8.98. The van der Waals surface area contributed by atoms with E-state index in [9.17, 15) is 0 Å². The van der Waals surface area contributed by atoms with E-state index < -0.39 is 0 Å².